The number of nitrogens with one attached hydrogen (secondary N) is 2. The predicted molar refractivity (Wildman–Crippen MR) is 192 cm³/mol. The van der Waals surface area contributed by atoms with Gasteiger partial charge in [0.2, 0.25) is 0 Å². The summed E-state index contributed by atoms with van der Waals surface area (Å²) in [5.41, 5.74) is -1.98. The highest BCUT2D eigenvalue weighted by molar-refractivity contribution is 6.18. The van der Waals surface area contributed by atoms with E-state index in [-0.39, 0.29) is 70.9 Å². The normalized spacial score (nSPS) is 11.0. The Kier molecular flexibility index (Phi) is 17.8. The second-order valence-corrected chi connectivity index (χ2v) is 11.6. The molecule has 0 heterocycles. The summed E-state index contributed by atoms with van der Waals surface area (Å²) < 4.78 is 0. The van der Waals surface area contributed by atoms with Gasteiger partial charge in [-0.1, -0.05) is 0 Å². The molecule has 0 radical (unpaired) electrons. The summed E-state index contributed by atoms with van der Waals surface area (Å²) >= 11 is 11.7. The summed E-state index contributed by atoms with van der Waals surface area (Å²) in [5.74, 6) is -1.03. The maximum atomic E-state index is 13.0. The molecule has 2 amide bonds. The number of hydrogen-bond donors (Lipinski definition) is 6. The van der Waals surface area contributed by atoms with Crippen LogP contribution in [-0.4, -0.2) is 109 Å². The first-order valence-electron chi connectivity index (χ1n) is 15.6. The van der Waals surface area contributed by atoms with E-state index in [1.807, 2.05) is 11.9 Å². The summed E-state index contributed by atoms with van der Waals surface area (Å²) in [6.07, 6.45) is 0.958. The minimum atomic E-state index is -0.688. The van der Waals surface area contributed by atoms with Gasteiger partial charge in [-0.2, -0.15) is 0 Å². The van der Waals surface area contributed by atoms with E-state index in [4.69, 9.17) is 23.2 Å². The van der Waals surface area contributed by atoms with Crippen LogP contribution in [0.2, 0.25) is 0 Å². The van der Waals surface area contributed by atoms with Crippen LogP contribution in [0.5, 0.6) is 0 Å². The van der Waals surface area contributed by atoms with Crippen molar-refractivity contribution < 1.29 is 30.4 Å². The molecule has 0 spiro atoms. The Morgan fingerprint density at radius 2 is 0.980 bits per heavy atom. The Morgan fingerprint density at radius 3 is 1.26 bits per heavy atom. The van der Waals surface area contributed by atoms with Gasteiger partial charge in [0.15, 0.2) is 0 Å². The van der Waals surface area contributed by atoms with Gasteiger partial charge in [-0.3, -0.25) is 30.4 Å². The van der Waals surface area contributed by atoms with Crippen molar-refractivity contribution in [2.75, 3.05) is 102 Å². The zero-order chi connectivity index (χ0) is 37.5. The molecule has 2 rings (SSSR count). The van der Waals surface area contributed by atoms with Crippen molar-refractivity contribution in [3.63, 3.8) is 0 Å². The Labute approximate surface area is 299 Å². The third-order valence-electron chi connectivity index (χ3n) is 7.66. The molecule has 0 bridgehead atoms. The standard InChI is InChI=1S/C29H43Cl2N9O10/c1-4-35(14-8-30)24-16-20(22(37(43)44)18-26(24)39(47)48)28(41)32-10-6-12-34(3)13-7-11-33-29(42)21-17-25(36(5-2)15-9-31)27(40(49)50)19-23(21)38(45)46/h16-19,43-46H,4-15H2,1-3H3,(H,32,41)(H,33,42)/q-4. The monoisotopic (exact) mass is 747 g/mol. The summed E-state index contributed by atoms with van der Waals surface area (Å²) in [4.78, 5) is 31.2. The Bertz CT molecular complexity index is 1290. The topological polar surface area (TPSA) is 254 Å². The molecule has 282 valence electrons. The molecular weight excluding hydrogens is 705 g/mol. The van der Waals surface area contributed by atoms with Gasteiger partial charge in [-0.15, -0.1) is 33.7 Å². The zero-order valence-corrected chi connectivity index (χ0v) is 29.4. The van der Waals surface area contributed by atoms with Crippen molar-refractivity contribution in [3.05, 3.63) is 56.2 Å². The molecule has 0 aliphatic carbocycles. The quantitative estimate of drug-likeness (QED) is 0.0573. The second kappa shape index (κ2) is 20.9. The van der Waals surface area contributed by atoms with E-state index in [1.54, 1.807) is 23.6 Å². The fraction of sp³-hybridized carbons (Fsp3) is 0.517. The first kappa shape index (κ1) is 42.6. The molecule has 0 saturated carbocycles. The third kappa shape index (κ3) is 11.7. The van der Waals surface area contributed by atoms with Crippen molar-refractivity contribution in [3.8, 4) is 0 Å². The van der Waals surface area contributed by atoms with Gasteiger partial charge < -0.3 is 56.6 Å². The van der Waals surface area contributed by atoms with Crippen LogP contribution in [0.25, 0.3) is 0 Å². The van der Waals surface area contributed by atoms with Crippen molar-refractivity contribution in [1.29, 1.82) is 0 Å². The smallest absolute Gasteiger partial charge is 0.253 e. The zero-order valence-electron chi connectivity index (χ0n) is 27.9. The summed E-state index contributed by atoms with van der Waals surface area (Å²) in [7, 11) is 1.82. The lowest BCUT2D eigenvalue weighted by atomic mass is 10.1. The maximum Gasteiger partial charge on any atom is 0.253 e. The van der Waals surface area contributed by atoms with Crippen LogP contribution in [0.4, 0.5) is 34.1 Å². The molecular formula is C29H43Cl2N9O10-4. The van der Waals surface area contributed by atoms with Crippen molar-refractivity contribution >= 4 is 69.1 Å². The van der Waals surface area contributed by atoms with E-state index >= 15 is 0 Å². The van der Waals surface area contributed by atoms with Crippen molar-refractivity contribution in [2.45, 2.75) is 26.7 Å². The lowest BCUT2D eigenvalue weighted by Gasteiger charge is -2.41. The van der Waals surface area contributed by atoms with E-state index in [0.717, 1.165) is 12.1 Å². The lowest BCUT2D eigenvalue weighted by Crippen LogP contribution is -2.32. The minimum Gasteiger partial charge on any atom is -0.769 e. The molecule has 0 aliphatic rings. The Morgan fingerprint density at radius 1 is 0.620 bits per heavy atom. The third-order valence-corrected chi connectivity index (χ3v) is 8.00. The highest BCUT2D eigenvalue weighted by Crippen LogP contribution is 2.37. The van der Waals surface area contributed by atoms with E-state index in [2.05, 4.69) is 10.6 Å². The molecule has 0 atom stereocenters. The Balaban J connectivity index is 1.99. The first-order chi connectivity index (χ1) is 23.7. The van der Waals surface area contributed by atoms with Crippen LogP contribution in [0, 0.1) is 20.8 Å². The fourth-order valence-electron chi connectivity index (χ4n) is 5.13. The average molecular weight is 749 g/mol. The number of alkyl halides is 2. The summed E-state index contributed by atoms with van der Waals surface area (Å²) in [6.45, 7) is 6.14. The van der Waals surface area contributed by atoms with E-state index in [1.165, 1.54) is 12.1 Å². The molecule has 19 nitrogen and oxygen atoms in total. The number of carbonyl (C=O) groups is 2. The van der Waals surface area contributed by atoms with E-state index < -0.39 is 45.0 Å². The SMILES string of the molecule is CCN(CCCl)c1cc(C(=O)NCCCN(C)CCCNC(=O)c2cc(N(CC)CCCl)c(N([O-])[O-])cc2N(O)O)c(N(O)O)cc1N([O-])[O-]. The highest BCUT2D eigenvalue weighted by atomic mass is 35.5. The molecule has 2 aromatic carbocycles. The fourth-order valence-corrected chi connectivity index (χ4v) is 5.54. The predicted octanol–water partition coefficient (Wildman–Crippen LogP) is 3.46. The molecule has 0 fully saturated rings. The van der Waals surface area contributed by atoms with Crippen LogP contribution in [0.1, 0.15) is 47.4 Å². The van der Waals surface area contributed by atoms with Gasteiger partial charge in [0.1, 0.15) is 11.4 Å². The number of carbonyl (C=O) groups excluding carboxylic acids is 2. The van der Waals surface area contributed by atoms with Gasteiger partial charge in [-0.25, -0.2) is 0 Å². The van der Waals surface area contributed by atoms with Crippen LogP contribution < -0.4 is 41.3 Å². The number of benzene rings is 2. The van der Waals surface area contributed by atoms with Crippen molar-refractivity contribution in [2.24, 2.45) is 0 Å². The Hall–Kier alpha value is -3.60. The van der Waals surface area contributed by atoms with Gasteiger partial charge >= 0.3 is 0 Å². The maximum absolute atomic E-state index is 13.0. The van der Waals surface area contributed by atoms with Gasteiger partial charge in [-0.05, 0) is 71.1 Å². The van der Waals surface area contributed by atoms with Crippen LogP contribution in [0.3, 0.4) is 0 Å². The van der Waals surface area contributed by atoms with Crippen molar-refractivity contribution in [1.82, 2.24) is 15.5 Å². The number of halogens is 2. The highest BCUT2D eigenvalue weighted by Gasteiger charge is 2.22. The number of anilines is 6. The minimum absolute atomic E-state index is 0.102. The molecule has 50 heavy (non-hydrogen) atoms. The van der Waals surface area contributed by atoms with E-state index in [9.17, 15) is 51.2 Å². The number of nitrogens with zero attached hydrogens (tertiary/aromatic N) is 7. The van der Waals surface area contributed by atoms with Gasteiger partial charge in [0, 0.05) is 62.4 Å². The van der Waals surface area contributed by atoms with Crippen LogP contribution in [0.15, 0.2) is 24.3 Å². The molecule has 6 N–H and O–H groups in total. The second-order valence-electron chi connectivity index (χ2n) is 10.9. The van der Waals surface area contributed by atoms with Crippen LogP contribution >= 0.6 is 23.2 Å². The molecule has 2 aromatic rings. The number of rotatable bonds is 22. The number of hydrogen-bond acceptors (Lipinski definition) is 17. The molecule has 21 heteroatoms. The lowest BCUT2D eigenvalue weighted by molar-refractivity contribution is 0.0279. The molecule has 0 aliphatic heterocycles. The molecule has 0 aromatic heterocycles. The van der Waals surface area contributed by atoms with Crippen LogP contribution in [-0.2, 0) is 0 Å². The molecule has 0 unspecified atom stereocenters. The first-order valence-corrected chi connectivity index (χ1v) is 16.7. The molecule has 0 saturated heterocycles. The van der Waals surface area contributed by atoms with E-state index in [0.29, 0.717) is 39.0 Å². The summed E-state index contributed by atoms with van der Waals surface area (Å²) in [6, 6.07) is 4.25. The largest absolute Gasteiger partial charge is 0.769 e. The summed E-state index contributed by atoms with van der Waals surface area (Å²) in [5, 5.41) is 88.9. The average Bonchev–Trinajstić information content (AvgIpc) is 3.08. The van der Waals surface area contributed by atoms with Gasteiger partial charge in [0.25, 0.3) is 11.8 Å². The van der Waals surface area contributed by atoms with Gasteiger partial charge in [0.05, 0.1) is 22.5 Å². The number of amides is 2.